The number of pyridine rings is 1. The third-order valence-electron chi connectivity index (χ3n) is 3.26. The van der Waals surface area contributed by atoms with Gasteiger partial charge in [0.1, 0.15) is 5.82 Å². The summed E-state index contributed by atoms with van der Waals surface area (Å²) in [4.78, 5) is 4.40. The summed E-state index contributed by atoms with van der Waals surface area (Å²) in [5.41, 5.74) is 1.29. The van der Waals surface area contributed by atoms with Gasteiger partial charge in [0.2, 0.25) is 0 Å². The maximum absolute atomic E-state index is 14.2. The van der Waals surface area contributed by atoms with Crippen molar-refractivity contribution in [2.45, 2.75) is 11.8 Å². The number of alkyl halides is 2. The first-order chi connectivity index (χ1) is 9.61. The first kappa shape index (κ1) is 16.1. The van der Waals surface area contributed by atoms with Crippen molar-refractivity contribution in [1.29, 1.82) is 0 Å². The molecule has 2 aromatic rings. The van der Waals surface area contributed by atoms with E-state index >= 15 is 0 Å². The molecule has 0 spiro atoms. The van der Waals surface area contributed by atoms with Gasteiger partial charge in [-0.05, 0) is 39.7 Å². The van der Waals surface area contributed by atoms with E-state index in [1.807, 2.05) is 24.3 Å². The highest BCUT2D eigenvalue weighted by Crippen LogP contribution is 2.34. The molecule has 0 radical (unpaired) electrons. The maximum atomic E-state index is 14.2. The molecule has 0 saturated heterocycles. The van der Waals surface area contributed by atoms with E-state index in [2.05, 4.69) is 52.8 Å². The Bertz CT molecular complexity index is 568. The van der Waals surface area contributed by atoms with Crippen molar-refractivity contribution < 1.29 is 4.39 Å². The van der Waals surface area contributed by atoms with Crippen LogP contribution >= 0.6 is 47.8 Å². The van der Waals surface area contributed by atoms with Crippen molar-refractivity contribution in [3.63, 3.8) is 0 Å². The second-order valence-electron chi connectivity index (χ2n) is 4.67. The fraction of sp³-hybridized carbons (Fsp3) is 0.267. The normalized spacial score (nSPS) is 11.6. The molecule has 2 rings (SSSR count). The van der Waals surface area contributed by atoms with Gasteiger partial charge in [-0.15, -0.1) is 0 Å². The van der Waals surface area contributed by atoms with E-state index in [4.69, 9.17) is 0 Å². The van der Waals surface area contributed by atoms with Gasteiger partial charge in [-0.1, -0.05) is 50.1 Å². The molecule has 0 atom stereocenters. The molecule has 0 saturated carbocycles. The van der Waals surface area contributed by atoms with Crippen molar-refractivity contribution in [3.05, 3.63) is 64.1 Å². The lowest BCUT2D eigenvalue weighted by Crippen LogP contribution is -2.34. The second-order valence-corrected chi connectivity index (χ2v) is 6.71. The van der Waals surface area contributed by atoms with Crippen LogP contribution in [0.5, 0.6) is 0 Å². The van der Waals surface area contributed by atoms with Gasteiger partial charge in [0.05, 0.1) is 0 Å². The average molecular weight is 466 g/mol. The van der Waals surface area contributed by atoms with Crippen LogP contribution in [0.4, 0.5) is 4.39 Å². The molecule has 1 aromatic carbocycles. The van der Waals surface area contributed by atoms with Gasteiger partial charge >= 0.3 is 0 Å². The third kappa shape index (κ3) is 3.49. The lowest BCUT2D eigenvalue weighted by molar-refractivity contribution is 0.496. The van der Waals surface area contributed by atoms with E-state index in [1.165, 1.54) is 6.07 Å². The van der Waals surface area contributed by atoms with Gasteiger partial charge in [-0.3, -0.25) is 4.98 Å². The zero-order valence-electron chi connectivity index (χ0n) is 10.6. The highest BCUT2D eigenvalue weighted by atomic mass is 79.9. The third-order valence-corrected chi connectivity index (χ3v) is 5.88. The van der Waals surface area contributed by atoms with E-state index in [9.17, 15) is 4.39 Å². The number of halogens is 4. The summed E-state index contributed by atoms with van der Waals surface area (Å²) in [6.45, 7) is 0. The highest BCUT2D eigenvalue weighted by Gasteiger charge is 2.33. The highest BCUT2D eigenvalue weighted by molar-refractivity contribution is 9.10. The zero-order chi connectivity index (χ0) is 14.6. The molecule has 5 heteroatoms. The van der Waals surface area contributed by atoms with Gasteiger partial charge in [-0.2, -0.15) is 0 Å². The Morgan fingerprint density at radius 3 is 2.30 bits per heavy atom. The Kier molecular flexibility index (Phi) is 5.75. The Labute approximate surface area is 143 Å². The molecule has 0 fully saturated rings. The molecule has 0 unspecified atom stereocenters. The summed E-state index contributed by atoms with van der Waals surface area (Å²) in [6, 6.07) is 10.8. The van der Waals surface area contributed by atoms with Gasteiger partial charge in [0, 0.05) is 38.9 Å². The second kappa shape index (κ2) is 7.14. The largest absolute Gasteiger partial charge is 0.260 e. The molecule has 0 bridgehead atoms. The number of hydrogen-bond acceptors (Lipinski definition) is 1. The SMILES string of the molecule is Fc1ccccc1C(CBr)(CBr)Cc1ccc(Br)cn1. The molecule has 0 aliphatic carbocycles. The quantitative estimate of drug-likeness (QED) is 0.549. The van der Waals surface area contributed by atoms with Crippen LogP contribution in [0.25, 0.3) is 0 Å². The summed E-state index contributed by atoms with van der Waals surface area (Å²) in [5.74, 6) is -0.177. The van der Waals surface area contributed by atoms with Crippen LogP contribution in [0.15, 0.2) is 47.1 Å². The molecule has 0 aliphatic rings. The van der Waals surface area contributed by atoms with E-state index in [1.54, 1.807) is 12.3 Å². The summed E-state index contributed by atoms with van der Waals surface area (Å²) < 4.78 is 15.1. The Balaban J connectivity index is 2.39. The topological polar surface area (TPSA) is 12.9 Å². The fourth-order valence-corrected chi connectivity index (χ4v) is 4.28. The lowest BCUT2D eigenvalue weighted by Gasteiger charge is -2.30. The molecular weight excluding hydrogens is 453 g/mol. The zero-order valence-corrected chi connectivity index (χ0v) is 15.4. The molecular formula is C15H13Br3FN. The standard InChI is InChI=1S/C15H13Br3FN/c16-9-15(10-17,13-3-1-2-4-14(13)19)7-12-6-5-11(18)8-20-12/h1-6,8H,7,9-10H2. The van der Waals surface area contributed by atoms with Crippen LogP contribution in [0.3, 0.4) is 0 Å². The van der Waals surface area contributed by atoms with E-state index in [0.717, 1.165) is 10.2 Å². The number of nitrogens with zero attached hydrogens (tertiary/aromatic N) is 1. The monoisotopic (exact) mass is 463 g/mol. The van der Waals surface area contributed by atoms with Crippen molar-refractivity contribution in [2.24, 2.45) is 0 Å². The lowest BCUT2D eigenvalue weighted by atomic mass is 9.80. The molecule has 0 aliphatic heterocycles. The van der Waals surface area contributed by atoms with Crippen LogP contribution in [-0.4, -0.2) is 15.6 Å². The minimum Gasteiger partial charge on any atom is -0.260 e. The molecule has 1 heterocycles. The molecule has 0 N–H and O–H groups in total. The number of rotatable bonds is 5. The summed E-state index contributed by atoms with van der Waals surface area (Å²) in [6.07, 6.45) is 2.43. The molecule has 0 amide bonds. The van der Waals surface area contributed by atoms with Crippen LogP contribution in [0.2, 0.25) is 0 Å². The average Bonchev–Trinajstić information content (AvgIpc) is 2.48. The van der Waals surface area contributed by atoms with Crippen molar-refractivity contribution in [1.82, 2.24) is 4.98 Å². The molecule has 106 valence electrons. The minimum atomic E-state index is -0.355. The number of benzene rings is 1. The van der Waals surface area contributed by atoms with Gasteiger partial charge in [0.15, 0.2) is 0 Å². The van der Waals surface area contributed by atoms with Crippen molar-refractivity contribution >= 4 is 47.8 Å². The summed E-state index contributed by atoms with van der Waals surface area (Å²) >= 11 is 10.5. The van der Waals surface area contributed by atoms with Gasteiger partial charge in [0.25, 0.3) is 0 Å². The van der Waals surface area contributed by atoms with Crippen molar-refractivity contribution in [2.75, 3.05) is 10.7 Å². The first-order valence-electron chi connectivity index (χ1n) is 6.09. The predicted molar refractivity (Wildman–Crippen MR) is 91.3 cm³/mol. The molecule has 1 aromatic heterocycles. The number of aromatic nitrogens is 1. The summed E-state index contributed by atoms with van der Waals surface area (Å²) in [5, 5.41) is 1.31. The van der Waals surface area contributed by atoms with Crippen LogP contribution in [-0.2, 0) is 11.8 Å². The van der Waals surface area contributed by atoms with Gasteiger partial charge in [-0.25, -0.2) is 4.39 Å². The first-order valence-corrected chi connectivity index (χ1v) is 9.12. The van der Waals surface area contributed by atoms with Crippen LogP contribution < -0.4 is 0 Å². The predicted octanol–water partition coefficient (Wildman–Crippen LogP) is 5.25. The van der Waals surface area contributed by atoms with Gasteiger partial charge < -0.3 is 0 Å². The fourth-order valence-electron chi connectivity index (χ4n) is 2.12. The van der Waals surface area contributed by atoms with Crippen LogP contribution in [0.1, 0.15) is 11.3 Å². The van der Waals surface area contributed by atoms with Crippen LogP contribution in [0, 0.1) is 5.82 Å². The van der Waals surface area contributed by atoms with E-state index in [0.29, 0.717) is 22.6 Å². The van der Waals surface area contributed by atoms with E-state index < -0.39 is 0 Å². The Morgan fingerprint density at radius 2 is 1.75 bits per heavy atom. The van der Waals surface area contributed by atoms with E-state index in [-0.39, 0.29) is 11.2 Å². The smallest absolute Gasteiger partial charge is 0.127 e. The number of hydrogen-bond donors (Lipinski definition) is 0. The minimum absolute atomic E-state index is 0.177. The molecule has 1 nitrogen and oxygen atoms in total. The van der Waals surface area contributed by atoms with Crippen molar-refractivity contribution in [3.8, 4) is 0 Å². The maximum Gasteiger partial charge on any atom is 0.127 e. The Hall–Kier alpha value is -0.260. The Morgan fingerprint density at radius 1 is 1.05 bits per heavy atom. The molecule has 20 heavy (non-hydrogen) atoms. The summed E-state index contributed by atoms with van der Waals surface area (Å²) in [7, 11) is 0.